The van der Waals surface area contributed by atoms with Crippen LogP contribution in [-0.2, 0) is 0 Å². The molecule has 3 nitrogen and oxygen atoms in total. The summed E-state index contributed by atoms with van der Waals surface area (Å²) < 4.78 is 0. The van der Waals surface area contributed by atoms with Gasteiger partial charge in [-0.3, -0.25) is 0 Å². The Hall–Kier alpha value is -1.61. The highest BCUT2D eigenvalue weighted by Crippen LogP contribution is 2.23. The molecule has 0 amide bonds. The normalized spacial score (nSPS) is 10.3. The SMILES string of the molecule is Cc1cccc(-c2cc(Cl)c(N)nn2)c1. The molecule has 0 bridgehead atoms. The van der Waals surface area contributed by atoms with Crippen molar-refractivity contribution in [2.24, 2.45) is 0 Å². The van der Waals surface area contributed by atoms with E-state index in [1.165, 1.54) is 5.56 Å². The number of aryl methyl sites for hydroxylation is 1. The molecule has 2 aromatic rings. The number of benzene rings is 1. The van der Waals surface area contributed by atoms with Crippen LogP contribution >= 0.6 is 11.6 Å². The lowest BCUT2D eigenvalue weighted by Gasteiger charge is -2.02. The number of hydrogen-bond donors (Lipinski definition) is 1. The first-order valence-corrected chi connectivity index (χ1v) is 4.90. The van der Waals surface area contributed by atoms with Crippen LogP contribution < -0.4 is 5.73 Å². The Morgan fingerprint density at radius 3 is 2.67 bits per heavy atom. The molecule has 0 radical (unpaired) electrons. The Labute approximate surface area is 92.9 Å². The van der Waals surface area contributed by atoms with E-state index in [-0.39, 0.29) is 5.82 Å². The summed E-state index contributed by atoms with van der Waals surface area (Å²) in [7, 11) is 0. The zero-order valence-corrected chi connectivity index (χ0v) is 8.99. The first kappa shape index (κ1) is 9.93. The second-order valence-corrected chi connectivity index (χ2v) is 3.74. The van der Waals surface area contributed by atoms with Crippen LogP contribution in [0, 0.1) is 6.92 Å². The molecule has 4 heteroatoms. The number of hydrogen-bond acceptors (Lipinski definition) is 3. The van der Waals surface area contributed by atoms with Gasteiger partial charge in [0.1, 0.15) is 0 Å². The highest BCUT2D eigenvalue weighted by molar-refractivity contribution is 6.32. The molecule has 0 aliphatic rings. The maximum atomic E-state index is 5.88. The van der Waals surface area contributed by atoms with Crippen molar-refractivity contribution in [2.45, 2.75) is 6.92 Å². The summed E-state index contributed by atoms with van der Waals surface area (Å²) in [5.74, 6) is 0.257. The summed E-state index contributed by atoms with van der Waals surface area (Å²) >= 11 is 5.88. The molecule has 76 valence electrons. The van der Waals surface area contributed by atoms with Gasteiger partial charge in [0.05, 0.1) is 10.7 Å². The van der Waals surface area contributed by atoms with Crippen LogP contribution in [0.25, 0.3) is 11.3 Å². The summed E-state index contributed by atoms with van der Waals surface area (Å²) in [6, 6.07) is 9.70. The molecule has 0 atom stereocenters. The number of rotatable bonds is 1. The van der Waals surface area contributed by atoms with Crippen molar-refractivity contribution >= 4 is 17.4 Å². The van der Waals surface area contributed by atoms with Gasteiger partial charge in [-0.15, -0.1) is 10.2 Å². The molecular weight excluding hydrogens is 210 g/mol. The molecular formula is C11H10ClN3. The van der Waals surface area contributed by atoms with Crippen LogP contribution in [0.1, 0.15) is 5.56 Å². The monoisotopic (exact) mass is 219 g/mol. The van der Waals surface area contributed by atoms with Gasteiger partial charge in [-0.1, -0.05) is 35.4 Å². The fourth-order valence-corrected chi connectivity index (χ4v) is 1.46. The third-order valence-corrected chi connectivity index (χ3v) is 2.39. The lowest BCUT2D eigenvalue weighted by molar-refractivity contribution is 1.05. The van der Waals surface area contributed by atoms with Gasteiger partial charge in [0.2, 0.25) is 0 Å². The molecule has 1 heterocycles. The first-order chi connectivity index (χ1) is 7.16. The third kappa shape index (κ3) is 2.07. The summed E-state index contributed by atoms with van der Waals surface area (Å²) in [6.07, 6.45) is 0. The second-order valence-electron chi connectivity index (χ2n) is 3.33. The minimum atomic E-state index is 0.257. The van der Waals surface area contributed by atoms with Gasteiger partial charge in [-0.25, -0.2) is 0 Å². The number of nitrogens with zero attached hydrogens (tertiary/aromatic N) is 2. The van der Waals surface area contributed by atoms with Crippen molar-refractivity contribution in [1.82, 2.24) is 10.2 Å². The number of aromatic nitrogens is 2. The van der Waals surface area contributed by atoms with E-state index >= 15 is 0 Å². The van der Waals surface area contributed by atoms with Gasteiger partial charge in [0.15, 0.2) is 5.82 Å². The van der Waals surface area contributed by atoms with E-state index in [4.69, 9.17) is 17.3 Å². The lowest BCUT2D eigenvalue weighted by atomic mass is 10.1. The van der Waals surface area contributed by atoms with E-state index in [1.807, 2.05) is 31.2 Å². The Bertz CT molecular complexity index is 497. The van der Waals surface area contributed by atoms with Crippen molar-refractivity contribution < 1.29 is 0 Å². The number of halogens is 1. The van der Waals surface area contributed by atoms with Gasteiger partial charge in [-0.05, 0) is 19.1 Å². The van der Waals surface area contributed by atoms with Crippen molar-refractivity contribution in [3.05, 3.63) is 40.9 Å². The van der Waals surface area contributed by atoms with E-state index < -0.39 is 0 Å². The first-order valence-electron chi connectivity index (χ1n) is 4.52. The predicted molar refractivity (Wildman–Crippen MR) is 61.6 cm³/mol. The topological polar surface area (TPSA) is 51.8 Å². The summed E-state index contributed by atoms with van der Waals surface area (Å²) in [6.45, 7) is 2.02. The fourth-order valence-electron chi connectivity index (χ4n) is 1.32. The number of nitrogen functional groups attached to an aromatic ring is 1. The van der Waals surface area contributed by atoms with Gasteiger partial charge in [0, 0.05) is 5.56 Å². The summed E-state index contributed by atoms with van der Waals surface area (Å²) in [4.78, 5) is 0. The van der Waals surface area contributed by atoms with Gasteiger partial charge >= 0.3 is 0 Å². The van der Waals surface area contributed by atoms with Crippen LogP contribution in [0.2, 0.25) is 5.02 Å². The number of anilines is 1. The highest BCUT2D eigenvalue weighted by Gasteiger charge is 2.04. The molecule has 0 fully saturated rings. The quantitative estimate of drug-likeness (QED) is 0.802. The molecule has 1 aromatic heterocycles. The molecule has 2 N–H and O–H groups in total. The van der Waals surface area contributed by atoms with Crippen molar-refractivity contribution in [2.75, 3.05) is 5.73 Å². The van der Waals surface area contributed by atoms with Crippen LogP contribution in [0.3, 0.4) is 0 Å². The largest absolute Gasteiger partial charge is 0.381 e. The van der Waals surface area contributed by atoms with Gasteiger partial charge < -0.3 is 5.73 Å². The summed E-state index contributed by atoms with van der Waals surface area (Å²) in [5.41, 5.74) is 8.38. The standard InChI is InChI=1S/C11H10ClN3/c1-7-3-2-4-8(5-7)10-6-9(12)11(13)15-14-10/h2-6H,1H3,(H2,13,15). The van der Waals surface area contributed by atoms with Crippen LogP contribution in [0.15, 0.2) is 30.3 Å². The molecule has 0 saturated carbocycles. The Morgan fingerprint density at radius 2 is 2.00 bits per heavy atom. The van der Waals surface area contributed by atoms with E-state index in [0.717, 1.165) is 11.3 Å². The highest BCUT2D eigenvalue weighted by atomic mass is 35.5. The molecule has 2 rings (SSSR count). The second kappa shape index (κ2) is 3.87. The van der Waals surface area contributed by atoms with Crippen molar-refractivity contribution in [3.63, 3.8) is 0 Å². The van der Waals surface area contributed by atoms with E-state index in [9.17, 15) is 0 Å². The number of nitrogens with two attached hydrogens (primary N) is 1. The van der Waals surface area contributed by atoms with E-state index in [1.54, 1.807) is 6.07 Å². The van der Waals surface area contributed by atoms with Crippen molar-refractivity contribution in [1.29, 1.82) is 0 Å². The van der Waals surface area contributed by atoms with Crippen LogP contribution in [-0.4, -0.2) is 10.2 Å². The van der Waals surface area contributed by atoms with E-state index in [2.05, 4.69) is 10.2 Å². The third-order valence-electron chi connectivity index (χ3n) is 2.09. The molecule has 0 spiro atoms. The predicted octanol–water partition coefficient (Wildman–Crippen LogP) is 2.69. The molecule has 1 aromatic carbocycles. The Morgan fingerprint density at radius 1 is 1.20 bits per heavy atom. The minimum Gasteiger partial charge on any atom is -0.381 e. The molecule has 0 unspecified atom stereocenters. The fraction of sp³-hybridized carbons (Fsp3) is 0.0909. The Kier molecular flexibility index (Phi) is 2.56. The summed E-state index contributed by atoms with van der Waals surface area (Å²) in [5, 5.41) is 8.20. The van der Waals surface area contributed by atoms with Crippen LogP contribution in [0.5, 0.6) is 0 Å². The zero-order valence-electron chi connectivity index (χ0n) is 8.24. The van der Waals surface area contributed by atoms with Crippen molar-refractivity contribution in [3.8, 4) is 11.3 Å². The maximum absolute atomic E-state index is 5.88. The Balaban J connectivity index is 2.50. The van der Waals surface area contributed by atoms with Crippen LogP contribution in [0.4, 0.5) is 5.82 Å². The van der Waals surface area contributed by atoms with Gasteiger partial charge in [-0.2, -0.15) is 0 Å². The average molecular weight is 220 g/mol. The molecule has 0 aliphatic heterocycles. The average Bonchev–Trinajstić information content (AvgIpc) is 2.22. The smallest absolute Gasteiger partial charge is 0.164 e. The maximum Gasteiger partial charge on any atom is 0.164 e. The lowest BCUT2D eigenvalue weighted by Crippen LogP contribution is -1.95. The van der Waals surface area contributed by atoms with Gasteiger partial charge in [0.25, 0.3) is 0 Å². The molecule has 0 saturated heterocycles. The zero-order chi connectivity index (χ0) is 10.8. The molecule has 0 aliphatic carbocycles. The molecule has 15 heavy (non-hydrogen) atoms. The van der Waals surface area contributed by atoms with E-state index in [0.29, 0.717) is 5.02 Å². The minimum absolute atomic E-state index is 0.257.